The predicted octanol–water partition coefficient (Wildman–Crippen LogP) is 2.23. The van der Waals surface area contributed by atoms with Gasteiger partial charge in [-0.2, -0.15) is 0 Å². The fourth-order valence-corrected chi connectivity index (χ4v) is 4.15. The van der Waals surface area contributed by atoms with Crippen LogP contribution in [0, 0.1) is 0 Å². The van der Waals surface area contributed by atoms with Crippen molar-refractivity contribution in [2.75, 3.05) is 45.2 Å². The van der Waals surface area contributed by atoms with E-state index < -0.39 is 0 Å². The highest BCUT2D eigenvalue weighted by Crippen LogP contribution is 2.39. The summed E-state index contributed by atoms with van der Waals surface area (Å²) in [6.07, 6.45) is 5.56. The molecule has 0 spiro atoms. The van der Waals surface area contributed by atoms with Gasteiger partial charge in [-0.3, -0.25) is 4.98 Å². The summed E-state index contributed by atoms with van der Waals surface area (Å²) < 4.78 is 5.42. The third kappa shape index (κ3) is 3.12. The monoisotopic (exact) mass is 388 g/mol. The number of fused-ring (bicyclic) bond motifs is 2. The normalized spacial score (nSPS) is 19.3. The molecule has 3 heterocycles. The molecule has 1 aliphatic carbocycles. The lowest BCUT2D eigenvalue weighted by Crippen LogP contribution is -2.44. The van der Waals surface area contributed by atoms with Crippen molar-refractivity contribution in [3.8, 4) is 5.88 Å². The molecule has 7 nitrogen and oxygen atoms in total. The van der Waals surface area contributed by atoms with Crippen LogP contribution >= 0.6 is 0 Å². The number of piperazine rings is 1. The topological polar surface area (TPSA) is 80.4 Å². The fourth-order valence-electron chi connectivity index (χ4n) is 4.15. The zero-order chi connectivity index (χ0) is 20.0. The van der Waals surface area contributed by atoms with Crippen LogP contribution in [0.25, 0.3) is 16.5 Å². The molecule has 2 aromatic heterocycles. The van der Waals surface area contributed by atoms with Gasteiger partial charge in [-0.15, -0.1) is 0 Å². The van der Waals surface area contributed by atoms with E-state index in [1.165, 1.54) is 6.33 Å². The second kappa shape index (κ2) is 7.09. The van der Waals surface area contributed by atoms with Crippen LogP contribution in [0.3, 0.4) is 0 Å². The van der Waals surface area contributed by atoms with Crippen LogP contribution in [0.15, 0.2) is 42.9 Å². The van der Waals surface area contributed by atoms with E-state index >= 15 is 0 Å². The molecule has 1 atom stereocenters. The smallest absolute Gasteiger partial charge is 0.224 e. The molecule has 2 aliphatic rings. The van der Waals surface area contributed by atoms with Gasteiger partial charge >= 0.3 is 0 Å². The van der Waals surface area contributed by atoms with Crippen LogP contribution in [0.2, 0.25) is 0 Å². The Labute approximate surface area is 169 Å². The van der Waals surface area contributed by atoms with Crippen molar-refractivity contribution in [3.05, 3.63) is 59.7 Å². The van der Waals surface area contributed by atoms with Gasteiger partial charge in [0.2, 0.25) is 5.88 Å². The maximum Gasteiger partial charge on any atom is 0.224 e. The third-order valence-corrected chi connectivity index (χ3v) is 5.83. The molecule has 3 aromatic rings. The molecule has 0 radical (unpaired) electrons. The van der Waals surface area contributed by atoms with E-state index in [1.807, 2.05) is 12.3 Å². The van der Waals surface area contributed by atoms with Gasteiger partial charge in [0.1, 0.15) is 6.33 Å². The molecule has 1 saturated heterocycles. The Hall–Kier alpha value is -3.03. The lowest BCUT2D eigenvalue weighted by molar-refractivity contribution is 0.313. The number of nitrogens with zero attached hydrogens (tertiary/aromatic N) is 5. The minimum absolute atomic E-state index is 0.203. The summed E-state index contributed by atoms with van der Waals surface area (Å²) >= 11 is 0. The Kier molecular flexibility index (Phi) is 4.41. The van der Waals surface area contributed by atoms with Gasteiger partial charge in [0.05, 0.1) is 41.6 Å². The molecule has 5 rings (SSSR count). The summed E-state index contributed by atoms with van der Waals surface area (Å²) in [5.74, 6) is 0.573. The quantitative estimate of drug-likeness (QED) is 0.737. The predicted molar refractivity (Wildman–Crippen MR) is 114 cm³/mol. The van der Waals surface area contributed by atoms with Crippen molar-refractivity contribution in [1.29, 1.82) is 0 Å². The van der Waals surface area contributed by atoms with Crippen molar-refractivity contribution < 1.29 is 4.74 Å². The number of anilines is 1. The van der Waals surface area contributed by atoms with Crippen molar-refractivity contribution in [1.82, 2.24) is 19.9 Å². The Morgan fingerprint density at radius 3 is 2.69 bits per heavy atom. The first-order valence-electron chi connectivity index (χ1n) is 9.84. The van der Waals surface area contributed by atoms with Gasteiger partial charge in [-0.1, -0.05) is 12.1 Å². The molecule has 1 fully saturated rings. The molecular weight excluding hydrogens is 364 g/mol. The molecule has 29 heavy (non-hydrogen) atoms. The van der Waals surface area contributed by atoms with E-state index in [2.05, 4.69) is 51.1 Å². The minimum Gasteiger partial charge on any atom is -0.480 e. The van der Waals surface area contributed by atoms with E-state index in [1.54, 1.807) is 7.11 Å². The van der Waals surface area contributed by atoms with Gasteiger partial charge in [0, 0.05) is 31.7 Å². The molecule has 1 aromatic carbocycles. The number of nitrogens with two attached hydrogens (primary N) is 1. The molecule has 7 heteroatoms. The molecule has 0 bridgehead atoms. The summed E-state index contributed by atoms with van der Waals surface area (Å²) in [6.45, 7) is 4.13. The molecule has 2 N–H and O–H groups in total. The molecular formula is C22H24N6O. The van der Waals surface area contributed by atoms with Crippen LogP contribution in [-0.4, -0.2) is 60.2 Å². The Morgan fingerprint density at radius 2 is 1.90 bits per heavy atom. The Bertz CT molecular complexity index is 1100. The first-order valence-corrected chi connectivity index (χ1v) is 9.84. The Morgan fingerprint density at radius 1 is 1.07 bits per heavy atom. The molecule has 0 saturated carbocycles. The largest absolute Gasteiger partial charge is 0.480 e. The zero-order valence-electron chi connectivity index (χ0n) is 16.7. The lowest BCUT2D eigenvalue weighted by Gasteiger charge is -2.34. The minimum atomic E-state index is -0.203. The average molecular weight is 388 g/mol. The highest BCUT2D eigenvalue weighted by atomic mass is 16.5. The van der Waals surface area contributed by atoms with E-state index in [0.29, 0.717) is 5.88 Å². The van der Waals surface area contributed by atoms with E-state index in [4.69, 9.17) is 15.5 Å². The number of hydrogen-bond acceptors (Lipinski definition) is 7. The summed E-state index contributed by atoms with van der Waals surface area (Å²) in [6, 6.07) is 8.17. The lowest BCUT2D eigenvalue weighted by atomic mass is 9.99. The van der Waals surface area contributed by atoms with Crippen molar-refractivity contribution in [2.45, 2.75) is 6.04 Å². The summed E-state index contributed by atoms with van der Waals surface area (Å²) in [5.41, 5.74) is 12.6. The first-order chi connectivity index (χ1) is 14.1. The molecule has 148 valence electrons. The Balaban J connectivity index is 1.56. The highest BCUT2D eigenvalue weighted by molar-refractivity contribution is 5.92. The number of rotatable bonds is 3. The maximum atomic E-state index is 6.38. The van der Waals surface area contributed by atoms with Gasteiger partial charge in [0.25, 0.3) is 0 Å². The average Bonchev–Trinajstić information content (AvgIpc) is 3.09. The van der Waals surface area contributed by atoms with Crippen LogP contribution in [0.1, 0.15) is 22.9 Å². The van der Waals surface area contributed by atoms with Crippen LogP contribution in [0.5, 0.6) is 5.88 Å². The molecule has 0 unspecified atom stereocenters. The number of benzene rings is 1. The van der Waals surface area contributed by atoms with Crippen LogP contribution in [0.4, 0.5) is 5.69 Å². The van der Waals surface area contributed by atoms with Gasteiger partial charge in [-0.05, 0) is 36.4 Å². The highest BCUT2D eigenvalue weighted by Gasteiger charge is 2.25. The zero-order valence-corrected chi connectivity index (χ0v) is 16.7. The van der Waals surface area contributed by atoms with Crippen molar-refractivity contribution >= 4 is 22.2 Å². The number of likely N-dealkylation sites (N-methyl/N-ethyl adjacent to an activating group) is 1. The standard InChI is InChI=1S/C22H24N6O/c1-27-5-7-28(8-6-27)15-10-17-16(11-19(23)21(17)24-12-15)14-3-4-20-18(9-14)22(29-2)26-13-25-20/h3-4,9-13,19H,5-8,23H2,1-2H3/t19-/m0/s1. The number of aromatic nitrogens is 3. The van der Waals surface area contributed by atoms with Crippen molar-refractivity contribution in [3.63, 3.8) is 0 Å². The second-order valence-corrected chi connectivity index (χ2v) is 7.64. The van der Waals surface area contributed by atoms with E-state index in [-0.39, 0.29) is 6.04 Å². The second-order valence-electron chi connectivity index (χ2n) is 7.64. The summed E-state index contributed by atoms with van der Waals surface area (Å²) in [5, 5.41) is 0.888. The van der Waals surface area contributed by atoms with Gasteiger partial charge in [-0.25, -0.2) is 9.97 Å². The van der Waals surface area contributed by atoms with E-state index in [0.717, 1.165) is 65.2 Å². The summed E-state index contributed by atoms with van der Waals surface area (Å²) in [4.78, 5) is 18.0. The van der Waals surface area contributed by atoms with Crippen LogP contribution in [-0.2, 0) is 0 Å². The van der Waals surface area contributed by atoms with Gasteiger partial charge < -0.3 is 20.3 Å². The number of methoxy groups -OCH3 is 1. The summed E-state index contributed by atoms with van der Waals surface area (Å²) in [7, 11) is 3.79. The molecule has 1 aliphatic heterocycles. The number of hydrogen-bond donors (Lipinski definition) is 1. The number of pyridine rings is 1. The molecule has 0 amide bonds. The van der Waals surface area contributed by atoms with Gasteiger partial charge in [0.15, 0.2) is 0 Å². The fraction of sp³-hybridized carbons (Fsp3) is 0.318. The van der Waals surface area contributed by atoms with Crippen LogP contribution < -0.4 is 15.4 Å². The third-order valence-electron chi connectivity index (χ3n) is 5.83. The van der Waals surface area contributed by atoms with E-state index in [9.17, 15) is 0 Å². The maximum absolute atomic E-state index is 6.38. The first kappa shape index (κ1) is 18.0. The number of ether oxygens (including phenoxy) is 1. The van der Waals surface area contributed by atoms with Crippen molar-refractivity contribution in [2.24, 2.45) is 5.73 Å². The SMILES string of the molecule is COc1ncnc2ccc(C3=C[C@H](N)c4ncc(N5CCN(C)CC5)cc43)cc12.